The molecule has 0 unspecified atom stereocenters. The van der Waals surface area contributed by atoms with Crippen LogP contribution in [0.15, 0.2) is 29.2 Å². The summed E-state index contributed by atoms with van der Waals surface area (Å²) in [5.74, 6) is -1.11. The first-order chi connectivity index (χ1) is 7.12. The smallest absolute Gasteiger partial charge is 0.320 e. The van der Waals surface area contributed by atoms with Gasteiger partial charge >= 0.3 is 5.97 Å². The summed E-state index contributed by atoms with van der Waals surface area (Å²) in [6, 6.07) is 6.09. The van der Waals surface area contributed by atoms with Crippen molar-refractivity contribution in [3.63, 3.8) is 0 Å². The van der Waals surface area contributed by atoms with Crippen molar-refractivity contribution in [1.82, 2.24) is 0 Å². The Morgan fingerprint density at radius 1 is 1.47 bits per heavy atom. The zero-order valence-electron chi connectivity index (χ0n) is 8.07. The predicted molar refractivity (Wildman–Crippen MR) is 56.5 cm³/mol. The maximum absolute atomic E-state index is 12.9. The Hall–Kier alpha value is -1.03. The molecule has 0 bridgehead atoms. The molecule has 0 saturated heterocycles. The van der Waals surface area contributed by atoms with Gasteiger partial charge in [-0.1, -0.05) is 6.07 Å². The second-order valence-electron chi connectivity index (χ2n) is 3.71. The molecule has 1 N–H and O–H groups in total. The van der Waals surface area contributed by atoms with Crippen LogP contribution in [-0.2, 0) is 4.79 Å². The first-order valence-electron chi connectivity index (χ1n) is 4.80. The van der Waals surface area contributed by atoms with Gasteiger partial charge in [0.25, 0.3) is 0 Å². The molecular weight excluding hydrogens is 215 g/mol. The second-order valence-corrected chi connectivity index (χ2v) is 5.17. The Morgan fingerprint density at radius 2 is 2.20 bits per heavy atom. The van der Waals surface area contributed by atoms with E-state index in [0.29, 0.717) is 17.7 Å². The van der Waals surface area contributed by atoms with Crippen molar-refractivity contribution in [2.45, 2.75) is 28.9 Å². The van der Waals surface area contributed by atoms with Crippen LogP contribution in [0, 0.1) is 5.82 Å². The van der Waals surface area contributed by atoms with E-state index in [1.54, 1.807) is 12.1 Å². The van der Waals surface area contributed by atoms with Crippen molar-refractivity contribution in [2.24, 2.45) is 0 Å². The van der Waals surface area contributed by atoms with Gasteiger partial charge in [0.2, 0.25) is 0 Å². The average Bonchev–Trinajstić information content (AvgIpc) is 2.11. The lowest BCUT2D eigenvalue weighted by atomic mass is 9.84. The highest BCUT2D eigenvalue weighted by Crippen LogP contribution is 2.47. The van der Waals surface area contributed by atoms with Gasteiger partial charge in [0, 0.05) is 4.90 Å². The molecular formula is C11H11FO2S. The van der Waals surface area contributed by atoms with Crippen molar-refractivity contribution < 1.29 is 14.3 Å². The Balaban J connectivity index is 2.17. The lowest BCUT2D eigenvalue weighted by Gasteiger charge is -2.36. The molecule has 1 aliphatic carbocycles. The van der Waals surface area contributed by atoms with E-state index in [1.807, 2.05) is 0 Å². The van der Waals surface area contributed by atoms with Crippen LogP contribution in [0.5, 0.6) is 0 Å². The van der Waals surface area contributed by atoms with Crippen LogP contribution in [0.25, 0.3) is 0 Å². The van der Waals surface area contributed by atoms with E-state index in [2.05, 4.69) is 0 Å². The zero-order chi connectivity index (χ0) is 10.9. The molecule has 0 aromatic heterocycles. The van der Waals surface area contributed by atoms with Crippen LogP contribution in [0.4, 0.5) is 4.39 Å². The summed E-state index contributed by atoms with van der Waals surface area (Å²) in [5, 5.41) is 9.10. The van der Waals surface area contributed by atoms with Gasteiger partial charge in [0.1, 0.15) is 10.6 Å². The molecule has 0 spiro atoms. The number of thioether (sulfide) groups is 1. The van der Waals surface area contributed by atoms with E-state index < -0.39 is 10.7 Å². The lowest BCUT2D eigenvalue weighted by Crippen LogP contribution is -2.41. The second kappa shape index (κ2) is 3.85. The first kappa shape index (κ1) is 10.5. The highest BCUT2D eigenvalue weighted by atomic mass is 32.2. The molecule has 0 radical (unpaired) electrons. The summed E-state index contributed by atoms with van der Waals surface area (Å²) < 4.78 is 12.2. The normalized spacial score (nSPS) is 18.2. The Morgan fingerprint density at radius 3 is 2.67 bits per heavy atom. The predicted octanol–water partition coefficient (Wildman–Crippen LogP) is 2.93. The summed E-state index contributed by atoms with van der Waals surface area (Å²) >= 11 is 1.26. The number of benzene rings is 1. The van der Waals surface area contributed by atoms with Crippen molar-refractivity contribution in [2.75, 3.05) is 0 Å². The number of carboxylic acid groups (broad SMARTS) is 1. The molecule has 1 saturated carbocycles. The molecule has 2 rings (SSSR count). The summed E-state index contributed by atoms with van der Waals surface area (Å²) in [6.07, 6.45) is 2.28. The molecule has 1 aliphatic rings. The topological polar surface area (TPSA) is 37.3 Å². The van der Waals surface area contributed by atoms with Gasteiger partial charge in [-0.15, -0.1) is 11.8 Å². The third-order valence-corrected chi connectivity index (χ3v) is 4.12. The van der Waals surface area contributed by atoms with E-state index >= 15 is 0 Å². The van der Waals surface area contributed by atoms with Gasteiger partial charge < -0.3 is 5.11 Å². The monoisotopic (exact) mass is 226 g/mol. The van der Waals surface area contributed by atoms with E-state index in [-0.39, 0.29) is 5.82 Å². The highest BCUT2D eigenvalue weighted by Gasteiger charge is 2.45. The van der Waals surface area contributed by atoms with Crippen LogP contribution < -0.4 is 0 Å². The minimum atomic E-state index is -0.789. The number of hydrogen-bond acceptors (Lipinski definition) is 2. The molecule has 2 nitrogen and oxygen atoms in total. The molecule has 0 atom stereocenters. The molecule has 4 heteroatoms. The molecule has 0 aliphatic heterocycles. The van der Waals surface area contributed by atoms with Gasteiger partial charge in [-0.3, -0.25) is 4.79 Å². The minimum Gasteiger partial charge on any atom is -0.480 e. The van der Waals surface area contributed by atoms with Crippen LogP contribution in [0.3, 0.4) is 0 Å². The van der Waals surface area contributed by atoms with E-state index in [9.17, 15) is 9.18 Å². The van der Waals surface area contributed by atoms with Crippen LogP contribution in [0.2, 0.25) is 0 Å². The zero-order valence-corrected chi connectivity index (χ0v) is 8.89. The van der Waals surface area contributed by atoms with Gasteiger partial charge in [0.05, 0.1) is 0 Å². The molecule has 0 amide bonds. The Bertz CT molecular complexity index is 388. The van der Waals surface area contributed by atoms with Crippen LogP contribution in [0.1, 0.15) is 19.3 Å². The average molecular weight is 226 g/mol. The van der Waals surface area contributed by atoms with Gasteiger partial charge in [-0.25, -0.2) is 4.39 Å². The number of halogens is 1. The molecule has 1 aromatic carbocycles. The van der Waals surface area contributed by atoms with Crippen LogP contribution >= 0.6 is 11.8 Å². The fourth-order valence-corrected chi connectivity index (χ4v) is 2.96. The molecule has 0 heterocycles. The fraction of sp³-hybridized carbons (Fsp3) is 0.364. The van der Waals surface area contributed by atoms with Crippen molar-refractivity contribution in [3.05, 3.63) is 30.1 Å². The first-order valence-corrected chi connectivity index (χ1v) is 5.62. The Kier molecular flexibility index (Phi) is 2.69. The quantitative estimate of drug-likeness (QED) is 0.861. The van der Waals surface area contributed by atoms with Gasteiger partial charge in [-0.2, -0.15) is 0 Å². The maximum atomic E-state index is 12.9. The number of aliphatic carboxylic acids is 1. The van der Waals surface area contributed by atoms with E-state index in [4.69, 9.17) is 5.11 Å². The highest BCUT2D eigenvalue weighted by molar-refractivity contribution is 8.01. The lowest BCUT2D eigenvalue weighted by molar-refractivity contribution is -0.142. The third-order valence-electron chi connectivity index (χ3n) is 2.66. The standard InChI is InChI=1S/C11H11FO2S/c12-8-3-1-4-9(7-8)15-11(10(13)14)5-2-6-11/h1,3-4,7H,2,5-6H2,(H,13,14). The van der Waals surface area contributed by atoms with E-state index in [1.165, 1.54) is 23.9 Å². The molecule has 1 aromatic rings. The number of hydrogen-bond donors (Lipinski definition) is 1. The molecule has 1 fully saturated rings. The summed E-state index contributed by atoms with van der Waals surface area (Å²) in [4.78, 5) is 11.8. The van der Waals surface area contributed by atoms with Crippen molar-refractivity contribution in [1.29, 1.82) is 0 Å². The van der Waals surface area contributed by atoms with Crippen molar-refractivity contribution in [3.8, 4) is 0 Å². The maximum Gasteiger partial charge on any atom is 0.320 e. The third kappa shape index (κ3) is 2.00. The Labute approximate surface area is 91.5 Å². The summed E-state index contributed by atoms with van der Waals surface area (Å²) in [5.41, 5.74) is 0. The van der Waals surface area contributed by atoms with Gasteiger partial charge in [0.15, 0.2) is 0 Å². The number of carboxylic acids is 1. The summed E-state index contributed by atoms with van der Waals surface area (Å²) in [7, 11) is 0. The minimum absolute atomic E-state index is 0.320. The van der Waals surface area contributed by atoms with Crippen molar-refractivity contribution >= 4 is 17.7 Å². The largest absolute Gasteiger partial charge is 0.480 e. The fourth-order valence-electron chi connectivity index (χ4n) is 1.61. The molecule has 15 heavy (non-hydrogen) atoms. The SMILES string of the molecule is O=C(O)C1(Sc2cccc(F)c2)CCC1. The van der Waals surface area contributed by atoms with Crippen LogP contribution in [-0.4, -0.2) is 15.8 Å². The number of rotatable bonds is 3. The summed E-state index contributed by atoms with van der Waals surface area (Å²) in [6.45, 7) is 0. The van der Waals surface area contributed by atoms with Gasteiger partial charge in [-0.05, 0) is 37.5 Å². The number of carbonyl (C=O) groups is 1. The molecule has 80 valence electrons. The van der Waals surface area contributed by atoms with E-state index in [0.717, 1.165) is 6.42 Å².